The van der Waals surface area contributed by atoms with Crippen LogP contribution in [-0.4, -0.2) is 49.3 Å². The molecule has 3 aromatic rings. The van der Waals surface area contributed by atoms with Crippen LogP contribution in [0.1, 0.15) is 41.5 Å². The second kappa shape index (κ2) is 12.9. The van der Waals surface area contributed by atoms with Gasteiger partial charge in [-0.3, -0.25) is 5.32 Å². The van der Waals surface area contributed by atoms with E-state index < -0.39 is 28.1 Å². The lowest BCUT2D eigenvalue weighted by Crippen LogP contribution is -2.40. The van der Waals surface area contributed by atoms with Crippen LogP contribution in [0.25, 0.3) is 21.0 Å². The highest BCUT2D eigenvalue weighted by atomic mass is 32.2. The second-order valence-corrected chi connectivity index (χ2v) is 13.2. The Morgan fingerprint density at radius 2 is 1.77 bits per heavy atom. The molecule has 0 fully saturated rings. The van der Waals surface area contributed by atoms with E-state index in [-0.39, 0.29) is 23.3 Å². The topological polar surface area (TPSA) is 139 Å². The summed E-state index contributed by atoms with van der Waals surface area (Å²) in [5, 5.41) is 16.0. The van der Waals surface area contributed by atoms with Crippen molar-refractivity contribution < 1.29 is 27.8 Å². The zero-order valence-electron chi connectivity index (χ0n) is 23.4. The van der Waals surface area contributed by atoms with Crippen LogP contribution in [-0.2, 0) is 19.5 Å². The van der Waals surface area contributed by atoms with Gasteiger partial charge in [-0.1, -0.05) is 12.6 Å². The number of nitrogens with one attached hydrogen (secondary N) is 3. The molecule has 0 spiro atoms. The van der Waals surface area contributed by atoms with Crippen molar-refractivity contribution in [3.63, 3.8) is 0 Å². The number of hydrogen-bond donors (Lipinski definition) is 4. The second-order valence-electron chi connectivity index (χ2n) is 10.5. The minimum atomic E-state index is -3.98. The van der Waals surface area contributed by atoms with Crippen molar-refractivity contribution in [2.24, 2.45) is 0 Å². The van der Waals surface area contributed by atoms with Gasteiger partial charge in [-0.2, -0.15) is 0 Å². The summed E-state index contributed by atoms with van der Waals surface area (Å²) in [6, 6.07) is 11.9. The Balaban J connectivity index is 1.92. The average Bonchev–Trinajstić information content (AvgIpc) is 3.31. The van der Waals surface area contributed by atoms with Crippen LogP contribution in [0.15, 0.2) is 65.7 Å². The van der Waals surface area contributed by atoms with E-state index in [1.54, 1.807) is 58.2 Å². The molecule has 12 heteroatoms. The number of ether oxygens (including phenoxy) is 2. The summed E-state index contributed by atoms with van der Waals surface area (Å²) in [6.07, 6.45) is -0.372. The fraction of sp³-hybridized carbons (Fsp3) is 0.357. The maximum absolute atomic E-state index is 13.4. The summed E-state index contributed by atoms with van der Waals surface area (Å²) in [7, 11) is -3.98. The molecule has 216 valence electrons. The lowest BCUT2D eigenvalue weighted by Gasteiger charge is -2.22. The summed E-state index contributed by atoms with van der Waals surface area (Å²) < 4.78 is 39.9. The Bertz CT molecular complexity index is 1440. The number of rotatable bonds is 11. The van der Waals surface area contributed by atoms with Gasteiger partial charge in [0.1, 0.15) is 11.6 Å². The number of carbonyl (C=O) groups is 1. The number of aliphatic hydroxyl groups excluding tert-OH is 1. The summed E-state index contributed by atoms with van der Waals surface area (Å²) in [5.41, 5.74) is 2.13. The maximum atomic E-state index is 13.4. The molecular formula is C28H36N4O6S2. The van der Waals surface area contributed by atoms with Crippen LogP contribution >= 0.6 is 11.3 Å². The van der Waals surface area contributed by atoms with Crippen molar-refractivity contribution in [3.05, 3.63) is 60.8 Å². The standard InChI is InChI=1S/C28H36N4O6S2/c1-17(2)16-37-26(33)31-21-12-13-22(24(14-21)40(35,36)32-28(5,6)7)23-15-29-25(39-23)19-8-10-20(11-9-19)30-27(34)38-18(3)4/h8-15,18,27,30,32,34H,1,16H2,2-7H3,(H,31,33). The first kappa shape index (κ1) is 31.2. The summed E-state index contributed by atoms with van der Waals surface area (Å²) in [6.45, 7) is 14.4. The lowest BCUT2D eigenvalue weighted by molar-refractivity contribution is -0.105. The molecule has 1 unspecified atom stereocenters. The van der Waals surface area contributed by atoms with Crippen molar-refractivity contribution in [1.82, 2.24) is 9.71 Å². The molecule has 0 bridgehead atoms. The average molecular weight is 589 g/mol. The smallest absolute Gasteiger partial charge is 0.411 e. The molecule has 1 atom stereocenters. The number of aliphatic hydroxyl groups is 1. The summed E-state index contributed by atoms with van der Waals surface area (Å²) in [5.74, 6) is 0. The van der Waals surface area contributed by atoms with E-state index in [0.717, 1.165) is 5.56 Å². The number of aromatic nitrogens is 1. The third-order valence-corrected chi connectivity index (χ3v) is 7.88. The number of nitrogens with zero attached hydrogens (tertiary/aromatic N) is 1. The lowest BCUT2D eigenvalue weighted by atomic mass is 10.1. The third kappa shape index (κ3) is 9.14. The van der Waals surface area contributed by atoms with Crippen molar-refractivity contribution in [2.75, 3.05) is 17.2 Å². The normalized spacial score (nSPS) is 12.7. The Morgan fingerprint density at radius 3 is 2.38 bits per heavy atom. The predicted molar refractivity (Wildman–Crippen MR) is 159 cm³/mol. The SMILES string of the molecule is C=C(C)COC(=O)Nc1ccc(-c2cnc(-c3ccc(NC(O)OC(C)C)cc3)s2)c(S(=O)(=O)NC(C)(C)C)c1. The number of carbonyl (C=O) groups excluding carboxylic acids is 1. The number of benzene rings is 2. The highest BCUT2D eigenvalue weighted by molar-refractivity contribution is 7.89. The van der Waals surface area contributed by atoms with E-state index in [2.05, 4.69) is 26.9 Å². The minimum absolute atomic E-state index is 0.00554. The van der Waals surface area contributed by atoms with Gasteiger partial charge in [-0.05, 0) is 83.5 Å². The molecule has 0 saturated heterocycles. The third-order valence-electron chi connectivity index (χ3n) is 5.00. The molecule has 3 rings (SSSR count). The molecule has 0 aliphatic heterocycles. The highest BCUT2D eigenvalue weighted by Gasteiger charge is 2.26. The molecule has 0 aliphatic carbocycles. The van der Waals surface area contributed by atoms with Crippen molar-refractivity contribution >= 4 is 38.8 Å². The zero-order valence-corrected chi connectivity index (χ0v) is 25.1. The van der Waals surface area contributed by atoms with E-state index in [9.17, 15) is 18.3 Å². The molecule has 0 aliphatic rings. The summed E-state index contributed by atoms with van der Waals surface area (Å²) >= 11 is 1.33. The van der Waals surface area contributed by atoms with Crippen molar-refractivity contribution in [3.8, 4) is 21.0 Å². The number of amides is 1. The van der Waals surface area contributed by atoms with Crippen LogP contribution in [0.2, 0.25) is 0 Å². The number of anilines is 2. The van der Waals surface area contributed by atoms with Crippen LogP contribution in [0.5, 0.6) is 0 Å². The summed E-state index contributed by atoms with van der Waals surface area (Å²) in [4.78, 5) is 17.3. The fourth-order valence-corrected chi connectivity index (χ4v) is 6.19. The molecule has 0 radical (unpaired) electrons. The van der Waals surface area contributed by atoms with Gasteiger partial charge in [-0.15, -0.1) is 11.3 Å². The molecular weight excluding hydrogens is 552 g/mol. The number of sulfonamides is 1. The van der Waals surface area contributed by atoms with Crippen molar-refractivity contribution in [2.45, 2.75) is 64.5 Å². The van der Waals surface area contributed by atoms with Gasteiger partial charge in [0.2, 0.25) is 16.4 Å². The van der Waals surface area contributed by atoms with E-state index >= 15 is 0 Å². The maximum Gasteiger partial charge on any atom is 0.411 e. The number of thiazole rings is 1. The number of hydrogen-bond acceptors (Lipinski definition) is 9. The monoisotopic (exact) mass is 588 g/mol. The van der Waals surface area contributed by atoms with Crippen LogP contribution < -0.4 is 15.4 Å². The van der Waals surface area contributed by atoms with Crippen LogP contribution in [0.4, 0.5) is 16.2 Å². The van der Waals surface area contributed by atoms with E-state index in [1.165, 1.54) is 17.4 Å². The molecule has 0 saturated carbocycles. The Hall–Kier alpha value is -3.29. The zero-order chi connectivity index (χ0) is 29.7. The van der Waals surface area contributed by atoms with E-state index in [0.29, 0.717) is 26.7 Å². The quantitative estimate of drug-likeness (QED) is 0.163. The van der Waals surface area contributed by atoms with Crippen LogP contribution in [0.3, 0.4) is 0 Å². The molecule has 1 aromatic heterocycles. The molecule has 2 aromatic carbocycles. The molecule has 40 heavy (non-hydrogen) atoms. The highest BCUT2D eigenvalue weighted by Crippen LogP contribution is 2.37. The largest absolute Gasteiger partial charge is 0.445 e. The molecule has 1 amide bonds. The van der Waals surface area contributed by atoms with Gasteiger partial charge < -0.3 is 19.9 Å². The van der Waals surface area contributed by atoms with E-state index in [1.807, 2.05) is 26.0 Å². The fourth-order valence-electron chi connectivity index (χ4n) is 3.50. The van der Waals surface area contributed by atoms with E-state index in [4.69, 9.17) is 9.47 Å². The van der Waals surface area contributed by atoms with Gasteiger partial charge in [0.15, 0.2) is 0 Å². The van der Waals surface area contributed by atoms with Gasteiger partial charge in [-0.25, -0.2) is 22.9 Å². The molecule has 10 nitrogen and oxygen atoms in total. The first-order chi connectivity index (χ1) is 18.6. The van der Waals surface area contributed by atoms with Crippen LogP contribution in [0, 0.1) is 0 Å². The Morgan fingerprint density at radius 1 is 1.12 bits per heavy atom. The molecule has 1 heterocycles. The Labute approximate surface area is 239 Å². The van der Waals surface area contributed by atoms with Gasteiger partial charge in [0, 0.05) is 34.2 Å². The first-order valence-electron chi connectivity index (χ1n) is 12.6. The van der Waals surface area contributed by atoms with Gasteiger partial charge in [0.25, 0.3) is 0 Å². The Kier molecular flexibility index (Phi) is 10.1. The predicted octanol–water partition coefficient (Wildman–Crippen LogP) is 5.79. The minimum Gasteiger partial charge on any atom is -0.445 e. The van der Waals surface area contributed by atoms with Gasteiger partial charge in [0.05, 0.1) is 15.9 Å². The van der Waals surface area contributed by atoms with Gasteiger partial charge >= 0.3 is 6.09 Å². The molecule has 4 N–H and O–H groups in total. The van der Waals surface area contributed by atoms with Crippen molar-refractivity contribution in [1.29, 1.82) is 0 Å². The first-order valence-corrected chi connectivity index (χ1v) is 14.9.